The van der Waals surface area contributed by atoms with E-state index in [2.05, 4.69) is 42.5 Å². The molecule has 0 bridgehead atoms. The van der Waals surface area contributed by atoms with Gasteiger partial charge in [-0.1, -0.05) is 13.8 Å². The highest BCUT2D eigenvalue weighted by molar-refractivity contribution is 5.79. The zero-order chi connectivity index (χ0) is 18.2. The van der Waals surface area contributed by atoms with Crippen LogP contribution in [0, 0.1) is 12.8 Å². The topological polar surface area (TPSA) is 64.5 Å². The number of benzene rings is 1. The van der Waals surface area contributed by atoms with E-state index in [-0.39, 0.29) is 11.8 Å². The molecule has 3 N–H and O–H groups in total. The Kier molecular flexibility index (Phi) is 7.04. The molecule has 0 atom stereocenters. The maximum atomic E-state index is 12.0. The molecule has 1 amide bonds. The summed E-state index contributed by atoms with van der Waals surface area (Å²) in [5.74, 6) is 2.13. The average molecular weight is 344 g/mol. The van der Waals surface area contributed by atoms with Crippen molar-refractivity contribution in [3.63, 3.8) is 0 Å². The van der Waals surface area contributed by atoms with Crippen LogP contribution in [0.2, 0.25) is 0 Å². The minimum atomic E-state index is 0.119. The molecule has 5 nitrogen and oxygen atoms in total. The van der Waals surface area contributed by atoms with Gasteiger partial charge in [0.2, 0.25) is 5.91 Å². The van der Waals surface area contributed by atoms with Crippen molar-refractivity contribution in [2.24, 2.45) is 5.92 Å². The van der Waals surface area contributed by atoms with E-state index in [1.807, 2.05) is 25.1 Å². The third kappa shape index (κ3) is 5.08. The number of pyridine rings is 1. The van der Waals surface area contributed by atoms with Crippen molar-refractivity contribution in [2.75, 3.05) is 25.0 Å². The first-order valence-electron chi connectivity index (χ1n) is 9.20. The largest absolute Gasteiger partial charge is 0.494 e. The number of carbonyl (C=O) groups excluding carboxylic acids is 1. The standard InChI is InChI=1S/C20H29N3O2/c1-5-15(6-2)20(24)22-11-10-21-19-14(4)12-16-13-17(25-7-3)8-9-18(16)23-19/h8-9,12-13,15H,5-7,10-11H2,1-4H3,(H,21,23)(H,22,24)/p+1. The summed E-state index contributed by atoms with van der Waals surface area (Å²) in [7, 11) is 0. The number of carbonyl (C=O) groups is 1. The Hall–Kier alpha value is -2.30. The Labute approximate surface area is 150 Å². The summed E-state index contributed by atoms with van der Waals surface area (Å²) < 4.78 is 5.55. The summed E-state index contributed by atoms with van der Waals surface area (Å²) in [5, 5.41) is 7.50. The van der Waals surface area contributed by atoms with E-state index in [9.17, 15) is 4.79 Å². The maximum Gasteiger partial charge on any atom is 0.275 e. The highest BCUT2D eigenvalue weighted by Crippen LogP contribution is 2.21. The third-order valence-corrected chi connectivity index (χ3v) is 4.44. The number of nitrogens with one attached hydrogen (secondary N) is 3. The van der Waals surface area contributed by atoms with Gasteiger partial charge in [0.25, 0.3) is 5.82 Å². The van der Waals surface area contributed by atoms with Gasteiger partial charge in [-0.25, -0.2) is 4.98 Å². The van der Waals surface area contributed by atoms with Gasteiger partial charge in [-0.05, 0) is 51.0 Å². The monoisotopic (exact) mass is 344 g/mol. The Morgan fingerprint density at radius 1 is 1.16 bits per heavy atom. The molecule has 0 unspecified atom stereocenters. The molecule has 0 saturated heterocycles. The van der Waals surface area contributed by atoms with Gasteiger partial charge >= 0.3 is 0 Å². The molecule has 5 heteroatoms. The number of hydrogen-bond donors (Lipinski definition) is 2. The fourth-order valence-corrected chi connectivity index (χ4v) is 2.93. The molecule has 1 aromatic carbocycles. The van der Waals surface area contributed by atoms with Crippen LogP contribution in [0.5, 0.6) is 5.75 Å². The van der Waals surface area contributed by atoms with Gasteiger partial charge in [-0.3, -0.25) is 10.1 Å². The van der Waals surface area contributed by atoms with E-state index in [1.165, 1.54) is 0 Å². The molecular weight excluding hydrogens is 314 g/mol. The van der Waals surface area contributed by atoms with Crippen LogP contribution in [0.25, 0.3) is 10.9 Å². The number of H-pyrrole nitrogens is 1. The van der Waals surface area contributed by atoms with Crippen LogP contribution >= 0.6 is 0 Å². The van der Waals surface area contributed by atoms with Crippen LogP contribution in [0.15, 0.2) is 24.3 Å². The van der Waals surface area contributed by atoms with Gasteiger partial charge in [0.1, 0.15) is 17.8 Å². The Morgan fingerprint density at radius 2 is 1.92 bits per heavy atom. The molecular formula is C20H30N3O2+. The smallest absolute Gasteiger partial charge is 0.275 e. The minimum Gasteiger partial charge on any atom is -0.494 e. The lowest BCUT2D eigenvalue weighted by atomic mass is 10.0. The van der Waals surface area contributed by atoms with E-state index >= 15 is 0 Å². The number of hydrogen-bond acceptors (Lipinski definition) is 3. The van der Waals surface area contributed by atoms with Crippen molar-refractivity contribution in [3.8, 4) is 5.75 Å². The van der Waals surface area contributed by atoms with E-state index in [4.69, 9.17) is 4.74 Å². The zero-order valence-electron chi connectivity index (χ0n) is 15.7. The van der Waals surface area contributed by atoms with E-state index in [1.54, 1.807) is 0 Å². The molecule has 0 spiro atoms. The van der Waals surface area contributed by atoms with Gasteiger partial charge in [0, 0.05) is 16.9 Å². The fourth-order valence-electron chi connectivity index (χ4n) is 2.93. The molecule has 0 fully saturated rings. The van der Waals surface area contributed by atoms with Gasteiger partial charge in [0.05, 0.1) is 13.2 Å². The van der Waals surface area contributed by atoms with E-state index in [0.717, 1.165) is 40.9 Å². The predicted molar refractivity (Wildman–Crippen MR) is 102 cm³/mol. The van der Waals surface area contributed by atoms with Crippen LogP contribution in [0.1, 0.15) is 39.2 Å². The molecule has 1 heterocycles. The van der Waals surface area contributed by atoms with Crippen molar-refractivity contribution < 1.29 is 14.5 Å². The number of aromatic nitrogens is 1. The minimum absolute atomic E-state index is 0.119. The second kappa shape index (κ2) is 9.25. The second-order valence-electron chi connectivity index (χ2n) is 6.24. The Balaban J connectivity index is 1.96. The van der Waals surface area contributed by atoms with Crippen LogP contribution in [-0.4, -0.2) is 25.6 Å². The molecule has 0 aliphatic rings. The Morgan fingerprint density at radius 3 is 2.60 bits per heavy atom. The summed E-state index contributed by atoms with van der Waals surface area (Å²) in [6.45, 7) is 10.1. The fraction of sp³-hybridized carbons (Fsp3) is 0.500. The SMILES string of the molecule is CCOc1ccc2[nH+]c(NCCNC(=O)C(CC)CC)c(C)cc2c1. The highest BCUT2D eigenvalue weighted by atomic mass is 16.5. The number of rotatable bonds is 9. The van der Waals surface area contributed by atoms with Crippen molar-refractivity contribution in [2.45, 2.75) is 40.5 Å². The van der Waals surface area contributed by atoms with E-state index in [0.29, 0.717) is 19.7 Å². The average Bonchev–Trinajstić information content (AvgIpc) is 2.60. The van der Waals surface area contributed by atoms with Gasteiger partial charge in [0.15, 0.2) is 0 Å². The van der Waals surface area contributed by atoms with Crippen LogP contribution in [0.3, 0.4) is 0 Å². The van der Waals surface area contributed by atoms with Crippen LogP contribution in [-0.2, 0) is 4.79 Å². The number of aryl methyl sites for hydroxylation is 1. The quantitative estimate of drug-likeness (QED) is 0.686. The van der Waals surface area contributed by atoms with Gasteiger partial charge in [-0.15, -0.1) is 0 Å². The lowest BCUT2D eigenvalue weighted by Crippen LogP contribution is -2.34. The summed E-state index contributed by atoms with van der Waals surface area (Å²) in [6.07, 6.45) is 1.77. The zero-order valence-corrected chi connectivity index (χ0v) is 15.7. The van der Waals surface area contributed by atoms with Crippen LogP contribution < -0.4 is 20.4 Å². The highest BCUT2D eigenvalue weighted by Gasteiger charge is 2.14. The summed E-state index contributed by atoms with van der Waals surface area (Å²) >= 11 is 0. The van der Waals surface area contributed by atoms with Gasteiger partial charge < -0.3 is 10.1 Å². The van der Waals surface area contributed by atoms with Crippen molar-refractivity contribution in [1.29, 1.82) is 0 Å². The molecule has 0 aliphatic carbocycles. The van der Waals surface area contributed by atoms with Crippen molar-refractivity contribution in [3.05, 3.63) is 29.8 Å². The van der Waals surface area contributed by atoms with Crippen LogP contribution in [0.4, 0.5) is 5.82 Å². The number of fused-ring (bicyclic) bond motifs is 1. The lowest BCUT2D eigenvalue weighted by molar-refractivity contribution is -0.327. The molecule has 2 aromatic rings. The predicted octanol–water partition coefficient (Wildman–Crippen LogP) is 3.33. The number of amides is 1. The number of ether oxygens (including phenoxy) is 1. The molecule has 2 rings (SSSR count). The molecule has 136 valence electrons. The lowest BCUT2D eigenvalue weighted by Gasteiger charge is -2.12. The maximum absolute atomic E-state index is 12.0. The first-order valence-corrected chi connectivity index (χ1v) is 9.20. The number of anilines is 1. The van der Waals surface area contributed by atoms with E-state index < -0.39 is 0 Å². The first-order chi connectivity index (χ1) is 12.1. The van der Waals surface area contributed by atoms with Gasteiger partial charge in [-0.2, -0.15) is 0 Å². The molecule has 0 radical (unpaired) electrons. The summed E-state index contributed by atoms with van der Waals surface area (Å²) in [5.41, 5.74) is 2.19. The first kappa shape index (κ1) is 19.0. The number of aromatic amines is 1. The Bertz CT molecular complexity index is 711. The molecule has 25 heavy (non-hydrogen) atoms. The molecule has 0 aliphatic heterocycles. The second-order valence-corrected chi connectivity index (χ2v) is 6.24. The third-order valence-electron chi connectivity index (χ3n) is 4.44. The van der Waals surface area contributed by atoms with Crippen molar-refractivity contribution >= 4 is 22.6 Å². The molecule has 0 saturated carbocycles. The van der Waals surface area contributed by atoms with Crippen molar-refractivity contribution in [1.82, 2.24) is 5.32 Å². The summed E-state index contributed by atoms with van der Waals surface area (Å²) in [6, 6.07) is 8.18. The molecule has 1 aromatic heterocycles. The summed E-state index contributed by atoms with van der Waals surface area (Å²) in [4.78, 5) is 15.4. The normalized spacial score (nSPS) is 10.9.